The van der Waals surface area contributed by atoms with Gasteiger partial charge in [0.05, 0.1) is 6.54 Å². The Bertz CT molecular complexity index is 393. The van der Waals surface area contributed by atoms with Gasteiger partial charge in [-0.15, -0.1) is 6.58 Å². The summed E-state index contributed by atoms with van der Waals surface area (Å²) in [6.45, 7) is 5.20. The van der Waals surface area contributed by atoms with Crippen LogP contribution < -0.4 is 5.32 Å². The molecule has 0 unspecified atom stereocenters. The molecule has 0 heterocycles. The van der Waals surface area contributed by atoms with Crippen molar-refractivity contribution in [1.29, 1.82) is 0 Å². The van der Waals surface area contributed by atoms with Crippen LogP contribution in [0.2, 0.25) is 0 Å². The van der Waals surface area contributed by atoms with Crippen LogP contribution >= 0.6 is 15.9 Å². The SMILES string of the molecule is C=CCNCC(=O)N(C)Cc1cccc(Br)c1. The second-order valence-electron chi connectivity index (χ2n) is 3.80. The van der Waals surface area contributed by atoms with Crippen LogP contribution in [0.4, 0.5) is 0 Å². The monoisotopic (exact) mass is 296 g/mol. The Hall–Kier alpha value is -1.13. The molecule has 1 aromatic carbocycles. The molecule has 0 aliphatic carbocycles. The first-order chi connectivity index (χ1) is 8.13. The van der Waals surface area contributed by atoms with Crippen LogP contribution in [0.3, 0.4) is 0 Å². The van der Waals surface area contributed by atoms with E-state index in [4.69, 9.17) is 0 Å². The van der Waals surface area contributed by atoms with E-state index in [1.807, 2.05) is 24.3 Å². The molecule has 0 aliphatic heterocycles. The smallest absolute Gasteiger partial charge is 0.236 e. The minimum absolute atomic E-state index is 0.0758. The van der Waals surface area contributed by atoms with E-state index in [-0.39, 0.29) is 5.91 Å². The number of nitrogens with zero attached hydrogens (tertiary/aromatic N) is 1. The first kappa shape index (κ1) is 13.9. The number of benzene rings is 1. The van der Waals surface area contributed by atoms with Gasteiger partial charge in [-0.3, -0.25) is 4.79 Å². The lowest BCUT2D eigenvalue weighted by Gasteiger charge is -2.17. The summed E-state index contributed by atoms with van der Waals surface area (Å²) in [4.78, 5) is 13.4. The standard InChI is InChI=1S/C13H17BrN2O/c1-3-7-15-9-13(17)16(2)10-11-5-4-6-12(14)8-11/h3-6,8,15H,1,7,9-10H2,2H3. The third kappa shape index (κ3) is 5.15. The number of rotatable bonds is 6. The fraction of sp³-hybridized carbons (Fsp3) is 0.308. The molecule has 0 bridgehead atoms. The van der Waals surface area contributed by atoms with Crippen LogP contribution in [0.25, 0.3) is 0 Å². The number of amides is 1. The van der Waals surface area contributed by atoms with E-state index >= 15 is 0 Å². The molecule has 0 saturated carbocycles. The summed E-state index contributed by atoms with van der Waals surface area (Å²) >= 11 is 3.41. The minimum atomic E-state index is 0.0758. The Morgan fingerprint density at radius 2 is 2.35 bits per heavy atom. The van der Waals surface area contributed by atoms with Gasteiger partial charge in [-0.1, -0.05) is 34.1 Å². The molecular weight excluding hydrogens is 280 g/mol. The Kier molecular flexibility index (Phi) is 5.94. The molecule has 0 aromatic heterocycles. The maximum Gasteiger partial charge on any atom is 0.236 e. The van der Waals surface area contributed by atoms with Gasteiger partial charge in [-0.05, 0) is 17.7 Å². The maximum absolute atomic E-state index is 11.7. The normalized spacial score (nSPS) is 10.0. The highest BCUT2D eigenvalue weighted by atomic mass is 79.9. The summed E-state index contributed by atoms with van der Waals surface area (Å²) in [6, 6.07) is 7.96. The fourth-order valence-electron chi connectivity index (χ4n) is 1.41. The van der Waals surface area contributed by atoms with Gasteiger partial charge < -0.3 is 10.2 Å². The molecule has 92 valence electrons. The zero-order chi connectivity index (χ0) is 12.7. The number of nitrogens with one attached hydrogen (secondary N) is 1. The Morgan fingerprint density at radius 3 is 3.00 bits per heavy atom. The predicted octanol–water partition coefficient (Wildman–Crippen LogP) is 2.18. The first-order valence-corrected chi connectivity index (χ1v) is 6.23. The first-order valence-electron chi connectivity index (χ1n) is 5.43. The average molecular weight is 297 g/mol. The van der Waals surface area contributed by atoms with Gasteiger partial charge in [0.2, 0.25) is 5.91 Å². The van der Waals surface area contributed by atoms with Crippen LogP contribution in [0.15, 0.2) is 41.4 Å². The van der Waals surface area contributed by atoms with Gasteiger partial charge in [0.15, 0.2) is 0 Å². The van der Waals surface area contributed by atoms with E-state index in [1.54, 1.807) is 18.0 Å². The summed E-state index contributed by atoms with van der Waals surface area (Å²) in [5, 5.41) is 2.99. The molecule has 0 fully saturated rings. The summed E-state index contributed by atoms with van der Waals surface area (Å²) in [5.74, 6) is 0.0758. The van der Waals surface area contributed by atoms with E-state index < -0.39 is 0 Å². The average Bonchev–Trinajstić information content (AvgIpc) is 2.29. The van der Waals surface area contributed by atoms with Crippen molar-refractivity contribution in [2.24, 2.45) is 0 Å². The molecule has 0 radical (unpaired) electrons. The maximum atomic E-state index is 11.7. The van der Waals surface area contributed by atoms with Gasteiger partial charge >= 0.3 is 0 Å². The molecule has 1 amide bonds. The van der Waals surface area contributed by atoms with Crippen molar-refractivity contribution < 1.29 is 4.79 Å². The molecule has 1 rings (SSSR count). The van der Waals surface area contributed by atoms with E-state index in [2.05, 4.69) is 27.8 Å². The number of halogens is 1. The van der Waals surface area contributed by atoms with Gasteiger partial charge in [-0.2, -0.15) is 0 Å². The topological polar surface area (TPSA) is 32.3 Å². The Morgan fingerprint density at radius 1 is 1.59 bits per heavy atom. The molecule has 4 heteroatoms. The van der Waals surface area contributed by atoms with Crippen molar-refractivity contribution in [2.45, 2.75) is 6.54 Å². The quantitative estimate of drug-likeness (QED) is 0.645. The van der Waals surface area contributed by atoms with Crippen LogP contribution in [-0.2, 0) is 11.3 Å². The minimum Gasteiger partial charge on any atom is -0.340 e. The van der Waals surface area contributed by atoms with E-state index in [0.29, 0.717) is 19.6 Å². The molecule has 3 nitrogen and oxygen atoms in total. The number of hydrogen-bond acceptors (Lipinski definition) is 2. The molecule has 0 spiro atoms. The van der Waals surface area contributed by atoms with E-state index in [9.17, 15) is 4.79 Å². The number of carbonyl (C=O) groups excluding carboxylic acids is 1. The molecule has 17 heavy (non-hydrogen) atoms. The largest absolute Gasteiger partial charge is 0.340 e. The molecular formula is C13H17BrN2O. The summed E-state index contributed by atoms with van der Waals surface area (Å²) in [6.07, 6.45) is 1.74. The molecule has 1 N–H and O–H groups in total. The predicted molar refractivity (Wildman–Crippen MR) is 73.7 cm³/mol. The van der Waals surface area contributed by atoms with Gasteiger partial charge in [0.25, 0.3) is 0 Å². The second-order valence-corrected chi connectivity index (χ2v) is 4.71. The lowest BCUT2D eigenvalue weighted by molar-refractivity contribution is -0.129. The summed E-state index contributed by atoms with van der Waals surface area (Å²) < 4.78 is 1.03. The van der Waals surface area contributed by atoms with E-state index in [1.165, 1.54) is 0 Å². The van der Waals surface area contributed by atoms with Gasteiger partial charge in [0.1, 0.15) is 0 Å². The lowest BCUT2D eigenvalue weighted by atomic mass is 10.2. The Balaban J connectivity index is 2.45. The summed E-state index contributed by atoms with van der Waals surface area (Å²) in [7, 11) is 1.80. The van der Waals surface area contributed by atoms with Crippen LogP contribution in [-0.4, -0.2) is 30.9 Å². The molecule has 0 saturated heterocycles. The zero-order valence-electron chi connectivity index (χ0n) is 9.95. The molecule has 1 aromatic rings. The van der Waals surface area contributed by atoms with Crippen LogP contribution in [0.5, 0.6) is 0 Å². The third-order valence-corrected chi connectivity index (χ3v) is 2.79. The Labute approximate surface area is 111 Å². The highest BCUT2D eigenvalue weighted by molar-refractivity contribution is 9.10. The number of carbonyl (C=O) groups is 1. The zero-order valence-corrected chi connectivity index (χ0v) is 11.5. The highest BCUT2D eigenvalue weighted by Crippen LogP contribution is 2.12. The molecule has 0 aliphatic rings. The summed E-state index contributed by atoms with van der Waals surface area (Å²) in [5.41, 5.74) is 1.11. The van der Waals surface area contributed by atoms with Crippen molar-refractivity contribution in [3.8, 4) is 0 Å². The number of hydrogen-bond donors (Lipinski definition) is 1. The van der Waals surface area contributed by atoms with Crippen molar-refractivity contribution in [3.63, 3.8) is 0 Å². The van der Waals surface area contributed by atoms with Crippen molar-refractivity contribution in [2.75, 3.05) is 20.1 Å². The van der Waals surface area contributed by atoms with Crippen LogP contribution in [0.1, 0.15) is 5.56 Å². The van der Waals surface area contributed by atoms with Crippen LogP contribution in [0, 0.1) is 0 Å². The van der Waals surface area contributed by atoms with Crippen molar-refractivity contribution >= 4 is 21.8 Å². The molecule has 0 atom stereocenters. The van der Waals surface area contributed by atoms with Crippen molar-refractivity contribution in [3.05, 3.63) is 47.0 Å². The lowest BCUT2D eigenvalue weighted by Crippen LogP contribution is -2.35. The van der Waals surface area contributed by atoms with Crippen molar-refractivity contribution in [1.82, 2.24) is 10.2 Å². The van der Waals surface area contributed by atoms with Gasteiger partial charge in [0, 0.05) is 24.6 Å². The van der Waals surface area contributed by atoms with Gasteiger partial charge in [-0.25, -0.2) is 0 Å². The second kappa shape index (κ2) is 7.25. The number of likely N-dealkylation sites (N-methyl/N-ethyl adjacent to an activating group) is 1. The highest BCUT2D eigenvalue weighted by Gasteiger charge is 2.08. The third-order valence-electron chi connectivity index (χ3n) is 2.30. The van der Waals surface area contributed by atoms with E-state index in [0.717, 1.165) is 10.0 Å². The fourth-order valence-corrected chi connectivity index (χ4v) is 1.86.